The van der Waals surface area contributed by atoms with Crippen LogP contribution in [0.2, 0.25) is 0 Å². The summed E-state index contributed by atoms with van der Waals surface area (Å²) in [6.45, 7) is 6.65. The lowest BCUT2D eigenvalue weighted by Gasteiger charge is -2.28. The Morgan fingerprint density at radius 2 is 1.94 bits per heavy atom. The van der Waals surface area contributed by atoms with Crippen molar-refractivity contribution in [3.63, 3.8) is 0 Å². The van der Waals surface area contributed by atoms with E-state index in [1.807, 2.05) is 11.9 Å². The van der Waals surface area contributed by atoms with Gasteiger partial charge in [-0.1, -0.05) is 48.5 Å². The first-order valence-corrected chi connectivity index (χ1v) is 12.2. The molecule has 6 nitrogen and oxygen atoms in total. The molecule has 1 N–H and O–H groups in total. The number of para-hydroxylation sites is 1. The van der Waals surface area contributed by atoms with Gasteiger partial charge < -0.3 is 15.1 Å². The molecule has 0 radical (unpaired) electrons. The average Bonchev–Trinajstić information content (AvgIpc) is 3.42. The van der Waals surface area contributed by atoms with Crippen LogP contribution in [0.4, 0.5) is 5.69 Å². The fourth-order valence-electron chi connectivity index (χ4n) is 4.91. The van der Waals surface area contributed by atoms with Crippen molar-refractivity contribution in [3.8, 4) is 0 Å². The number of fused-ring (bicyclic) bond motifs is 1. The molecule has 0 aromatic heterocycles. The summed E-state index contributed by atoms with van der Waals surface area (Å²) in [5.74, 6) is 1.64. The summed E-state index contributed by atoms with van der Waals surface area (Å²) in [7, 11) is 4.03. The van der Waals surface area contributed by atoms with Crippen molar-refractivity contribution in [3.05, 3.63) is 65.7 Å². The number of guanidine groups is 1. The lowest BCUT2D eigenvalue weighted by Crippen LogP contribution is -2.46. The molecule has 2 heterocycles. The molecule has 2 aromatic carbocycles. The quantitative estimate of drug-likeness (QED) is 0.495. The van der Waals surface area contributed by atoms with Crippen LogP contribution in [0.15, 0.2) is 59.6 Å². The molecule has 33 heavy (non-hydrogen) atoms. The largest absolute Gasteiger partial charge is 0.354 e. The first-order valence-electron chi connectivity index (χ1n) is 12.2. The van der Waals surface area contributed by atoms with E-state index < -0.39 is 0 Å². The second-order valence-corrected chi connectivity index (χ2v) is 9.32. The van der Waals surface area contributed by atoms with Gasteiger partial charge in [0, 0.05) is 63.8 Å². The van der Waals surface area contributed by atoms with Crippen LogP contribution in [-0.2, 0) is 11.3 Å². The first-order chi connectivity index (χ1) is 16.1. The van der Waals surface area contributed by atoms with E-state index in [1.165, 1.54) is 16.8 Å². The Labute approximate surface area is 198 Å². The number of aliphatic imine (C=N–C) groups is 1. The monoisotopic (exact) mass is 447 g/mol. The molecule has 2 unspecified atom stereocenters. The number of amides is 1. The summed E-state index contributed by atoms with van der Waals surface area (Å²) < 4.78 is 0. The molecule has 2 aromatic rings. The molecule has 2 atom stereocenters. The summed E-state index contributed by atoms with van der Waals surface area (Å²) in [6, 6.07) is 19.6. The van der Waals surface area contributed by atoms with Gasteiger partial charge in [0.15, 0.2) is 5.96 Å². The lowest BCUT2D eigenvalue weighted by atomic mass is 9.98. The van der Waals surface area contributed by atoms with Gasteiger partial charge in [0.05, 0.1) is 0 Å². The maximum atomic E-state index is 12.0. The van der Waals surface area contributed by atoms with Gasteiger partial charge in [0.25, 0.3) is 0 Å². The third-order valence-corrected chi connectivity index (χ3v) is 7.04. The fourth-order valence-corrected chi connectivity index (χ4v) is 4.91. The zero-order valence-corrected chi connectivity index (χ0v) is 20.2. The van der Waals surface area contributed by atoms with E-state index in [1.54, 1.807) is 0 Å². The topological polar surface area (TPSA) is 51.2 Å². The minimum atomic E-state index is 0.309. The molecule has 6 heteroatoms. The summed E-state index contributed by atoms with van der Waals surface area (Å²) in [5, 5.41) is 3.61. The summed E-state index contributed by atoms with van der Waals surface area (Å²) >= 11 is 0. The predicted octanol–water partition coefficient (Wildman–Crippen LogP) is 3.70. The Hall–Kier alpha value is -2.86. The van der Waals surface area contributed by atoms with Crippen molar-refractivity contribution < 1.29 is 4.79 Å². The number of nitrogens with zero attached hydrogens (tertiary/aromatic N) is 4. The molecule has 0 spiro atoms. The standard InChI is InChI=1S/C27H37N5O/c1-21(30(3)19-22-10-5-4-6-11-22)18-29-27(28-2)32-20-23(24-12-7-8-13-25(24)32)15-17-31-16-9-14-26(31)33/h4-8,10-13,21,23H,9,14-20H2,1-3H3,(H,28,29). The van der Waals surface area contributed by atoms with Crippen LogP contribution in [-0.4, -0.2) is 68.0 Å². The van der Waals surface area contributed by atoms with Crippen LogP contribution in [0.3, 0.4) is 0 Å². The summed E-state index contributed by atoms with van der Waals surface area (Å²) in [6.07, 6.45) is 2.70. The van der Waals surface area contributed by atoms with Crippen molar-refractivity contribution in [1.29, 1.82) is 0 Å². The van der Waals surface area contributed by atoms with Crippen LogP contribution in [0, 0.1) is 0 Å². The highest BCUT2D eigenvalue weighted by Gasteiger charge is 2.32. The molecule has 2 aliphatic heterocycles. The van der Waals surface area contributed by atoms with Crippen LogP contribution >= 0.6 is 0 Å². The van der Waals surface area contributed by atoms with Gasteiger partial charge in [-0.25, -0.2) is 0 Å². The molecule has 0 saturated carbocycles. The van der Waals surface area contributed by atoms with Crippen LogP contribution < -0.4 is 10.2 Å². The molecule has 2 aliphatic rings. The summed E-state index contributed by atoms with van der Waals surface area (Å²) in [5.41, 5.74) is 3.92. The predicted molar refractivity (Wildman–Crippen MR) is 136 cm³/mol. The molecule has 1 saturated heterocycles. The average molecular weight is 448 g/mol. The zero-order chi connectivity index (χ0) is 23.2. The first kappa shape index (κ1) is 23.3. The lowest BCUT2D eigenvalue weighted by molar-refractivity contribution is -0.127. The number of nitrogens with one attached hydrogen (secondary N) is 1. The molecular formula is C27H37N5O. The highest BCUT2D eigenvalue weighted by Crippen LogP contribution is 2.38. The Bertz CT molecular complexity index is 960. The number of anilines is 1. The second kappa shape index (κ2) is 10.8. The van der Waals surface area contributed by atoms with E-state index in [2.05, 4.69) is 88.7 Å². The molecule has 1 fully saturated rings. The number of likely N-dealkylation sites (N-methyl/N-ethyl adjacent to an activating group) is 1. The van der Waals surface area contributed by atoms with E-state index in [0.717, 1.165) is 51.5 Å². The summed E-state index contributed by atoms with van der Waals surface area (Å²) in [4.78, 5) is 23.4. The maximum Gasteiger partial charge on any atom is 0.222 e. The highest BCUT2D eigenvalue weighted by atomic mass is 16.2. The number of carbonyl (C=O) groups is 1. The van der Waals surface area contributed by atoms with Gasteiger partial charge >= 0.3 is 0 Å². The van der Waals surface area contributed by atoms with Crippen molar-refractivity contribution >= 4 is 17.6 Å². The van der Waals surface area contributed by atoms with Crippen molar-refractivity contribution in [2.45, 2.75) is 44.7 Å². The van der Waals surface area contributed by atoms with E-state index in [-0.39, 0.29) is 0 Å². The van der Waals surface area contributed by atoms with Crippen LogP contribution in [0.1, 0.15) is 43.2 Å². The molecular weight excluding hydrogens is 410 g/mol. The third-order valence-electron chi connectivity index (χ3n) is 7.04. The molecule has 0 bridgehead atoms. The Balaban J connectivity index is 1.36. The van der Waals surface area contributed by atoms with Gasteiger partial charge in [-0.2, -0.15) is 0 Å². The van der Waals surface area contributed by atoms with Crippen LogP contribution in [0.5, 0.6) is 0 Å². The van der Waals surface area contributed by atoms with Crippen molar-refractivity contribution in [2.75, 3.05) is 45.2 Å². The van der Waals surface area contributed by atoms with Crippen LogP contribution in [0.25, 0.3) is 0 Å². The molecule has 176 valence electrons. The zero-order valence-electron chi connectivity index (χ0n) is 20.2. The van der Waals surface area contributed by atoms with Gasteiger partial charge in [0.1, 0.15) is 0 Å². The van der Waals surface area contributed by atoms with Gasteiger partial charge in [0.2, 0.25) is 5.91 Å². The number of hydrogen-bond acceptors (Lipinski definition) is 3. The number of likely N-dealkylation sites (tertiary alicyclic amines) is 1. The second-order valence-electron chi connectivity index (χ2n) is 9.32. The SMILES string of the molecule is CN=C(NCC(C)N(C)Cc1ccccc1)N1CC(CCN2CCCC2=O)c2ccccc21. The molecule has 0 aliphatic carbocycles. The minimum Gasteiger partial charge on any atom is -0.354 e. The van der Waals surface area contributed by atoms with Crippen molar-refractivity contribution in [2.24, 2.45) is 4.99 Å². The Morgan fingerprint density at radius 1 is 1.18 bits per heavy atom. The number of benzene rings is 2. The normalized spacial score (nSPS) is 19.3. The van der Waals surface area contributed by atoms with Gasteiger partial charge in [-0.05, 0) is 44.0 Å². The van der Waals surface area contributed by atoms with E-state index in [4.69, 9.17) is 0 Å². The van der Waals surface area contributed by atoms with E-state index in [9.17, 15) is 4.79 Å². The van der Waals surface area contributed by atoms with E-state index >= 15 is 0 Å². The Kier molecular flexibility index (Phi) is 7.65. The fraction of sp³-hybridized carbons (Fsp3) is 0.481. The molecule has 4 rings (SSSR count). The number of rotatable bonds is 8. The molecule has 1 amide bonds. The number of hydrogen-bond donors (Lipinski definition) is 1. The van der Waals surface area contributed by atoms with Crippen molar-refractivity contribution in [1.82, 2.24) is 15.1 Å². The smallest absolute Gasteiger partial charge is 0.222 e. The number of carbonyl (C=O) groups excluding carboxylic acids is 1. The Morgan fingerprint density at radius 3 is 2.67 bits per heavy atom. The minimum absolute atomic E-state index is 0.309. The highest BCUT2D eigenvalue weighted by molar-refractivity contribution is 5.98. The van der Waals surface area contributed by atoms with Gasteiger partial charge in [-0.3, -0.25) is 14.7 Å². The van der Waals surface area contributed by atoms with E-state index in [0.29, 0.717) is 24.3 Å². The maximum absolute atomic E-state index is 12.0. The third kappa shape index (κ3) is 5.56. The van der Waals surface area contributed by atoms with Gasteiger partial charge in [-0.15, -0.1) is 0 Å².